The van der Waals surface area contributed by atoms with E-state index in [2.05, 4.69) is 29.2 Å². The maximum Gasteiger partial charge on any atom is 0.217 e. The predicted octanol–water partition coefficient (Wildman–Crippen LogP) is 5.03. The molecule has 0 bridgehead atoms. The average molecular weight is 414 g/mol. The Balaban J connectivity index is 1.38. The highest BCUT2D eigenvalue weighted by Crippen LogP contribution is 2.36. The zero-order chi connectivity index (χ0) is 20.6. The molecule has 1 unspecified atom stereocenters. The van der Waals surface area contributed by atoms with Crippen LogP contribution in [0.3, 0.4) is 0 Å². The minimum Gasteiger partial charge on any atom is -0.370 e. The van der Waals surface area contributed by atoms with Gasteiger partial charge in [-0.1, -0.05) is 42.7 Å². The lowest BCUT2D eigenvalue weighted by atomic mass is 9.74. The Labute approximate surface area is 179 Å². The number of carbonyl (C=O) groups is 1. The van der Waals surface area contributed by atoms with Gasteiger partial charge in [-0.25, -0.2) is 0 Å². The molecule has 1 aliphatic heterocycles. The molecular formula is C24H32ClN3O. The zero-order valence-electron chi connectivity index (χ0n) is 17.2. The van der Waals surface area contributed by atoms with Gasteiger partial charge in [-0.05, 0) is 73.8 Å². The second-order valence-electron chi connectivity index (χ2n) is 8.60. The van der Waals surface area contributed by atoms with E-state index in [1.165, 1.54) is 30.4 Å². The van der Waals surface area contributed by atoms with Gasteiger partial charge in [-0.2, -0.15) is 5.26 Å². The molecule has 156 valence electrons. The Kier molecular flexibility index (Phi) is 8.15. The Morgan fingerprint density at radius 2 is 1.97 bits per heavy atom. The number of hydrogen-bond donors (Lipinski definition) is 1. The van der Waals surface area contributed by atoms with Crippen molar-refractivity contribution >= 4 is 23.1 Å². The summed E-state index contributed by atoms with van der Waals surface area (Å²) in [4.78, 5) is 13.6. The predicted molar refractivity (Wildman–Crippen MR) is 118 cm³/mol. The van der Waals surface area contributed by atoms with Crippen molar-refractivity contribution in [3.63, 3.8) is 0 Å². The SMILES string of the molecule is N#CC(CCC(N)=O)C1CCC(CCN2CC=C(c3ccc(Cl)cc3)CC2)CC1. The molecule has 2 aliphatic rings. The molecule has 5 heteroatoms. The van der Waals surface area contributed by atoms with Gasteiger partial charge in [-0.3, -0.25) is 9.69 Å². The fourth-order valence-electron chi connectivity index (χ4n) is 4.79. The summed E-state index contributed by atoms with van der Waals surface area (Å²) in [6.07, 6.45) is 10.3. The molecule has 0 aromatic heterocycles. The van der Waals surface area contributed by atoms with Crippen LogP contribution in [0.25, 0.3) is 5.57 Å². The number of benzene rings is 1. The van der Waals surface area contributed by atoms with Gasteiger partial charge in [0.05, 0.1) is 6.07 Å². The molecule has 0 radical (unpaired) electrons. The number of primary amides is 1. The fraction of sp³-hybridized carbons (Fsp3) is 0.583. The molecule has 1 heterocycles. The van der Waals surface area contributed by atoms with Crippen molar-refractivity contribution in [1.82, 2.24) is 4.90 Å². The number of halogens is 1. The highest BCUT2D eigenvalue weighted by atomic mass is 35.5. The second-order valence-corrected chi connectivity index (χ2v) is 9.03. The van der Waals surface area contributed by atoms with Crippen LogP contribution in [0, 0.1) is 29.1 Å². The summed E-state index contributed by atoms with van der Waals surface area (Å²) in [5.74, 6) is 0.898. The molecule has 1 fully saturated rings. The normalized spacial score (nSPS) is 23.8. The van der Waals surface area contributed by atoms with Crippen LogP contribution in [0.5, 0.6) is 0 Å². The fourth-order valence-corrected chi connectivity index (χ4v) is 4.91. The summed E-state index contributed by atoms with van der Waals surface area (Å²) in [6.45, 7) is 3.30. The highest BCUT2D eigenvalue weighted by Gasteiger charge is 2.28. The smallest absolute Gasteiger partial charge is 0.217 e. The monoisotopic (exact) mass is 413 g/mol. The second kappa shape index (κ2) is 10.8. The van der Waals surface area contributed by atoms with E-state index in [4.69, 9.17) is 17.3 Å². The molecule has 1 aliphatic carbocycles. The summed E-state index contributed by atoms with van der Waals surface area (Å²) < 4.78 is 0. The lowest BCUT2D eigenvalue weighted by Crippen LogP contribution is -2.31. The van der Waals surface area contributed by atoms with Crippen molar-refractivity contribution < 1.29 is 4.79 Å². The summed E-state index contributed by atoms with van der Waals surface area (Å²) in [5, 5.41) is 10.2. The van der Waals surface area contributed by atoms with Crippen LogP contribution in [-0.2, 0) is 4.79 Å². The van der Waals surface area contributed by atoms with Gasteiger partial charge < -0.3 is 5.73 Å². The number of hydrogen-bond acceptors (Lipinski definition) is 3. The zero-order valence-corrected chi connectivity index (χ0v) is 17.9. The quantitative estimate of drug-likeness (QED) is 0.649. The van der Waals surface area contributed by atoms with Gasteiger partial charge in [0.1, 0.15) is 0 Å². The summed E-state index contributed by atoms with van der Waals surface area (Å²) in [5.41, 5.74) is 7.96. The van der Waals surface area contributed by atoms with E-state index in [1.54, 1.807) is 0 Å². The van der Waals surface area contributed by atoms with Gasteiger partial charge in [-0.15, -0.1) is 0 Å². The van der Waals surface area contributed by atoms with Crippen LogP contribution in [0.2, 0.25) is 5.02 Å². The van der Waals surface area contributed by atoms with Crippen LogP contribution in [0.4, 0.5) is 0 Å². The number of carbonyl (C=O) groups excluding carboxylic acids is 1. The van der Waals surface area contributed by atoms with Crippen LogP contribution >= 0.6 is 11.6 Å². The Bertz CT molecular complexity index is 744. The lowest BCUT2D eigenvalue weighted by molar-refractivity contribution is -0.118. The van der Waals surface area contributed by atoms with E-state index in [-0.39, 0.29) is 11.8 Å². The van der Waals surface area contributed by atoms with Crippen LogP contribution < -0.4 is 5.73 Å². The first kappa shape index (κ1) is 21.9. The maximum absolute atomic E-state index is 11.0. The third-order valence-electron chi connectivity index (χ3n) is 6.69. The summed E-state index contributed by atoms with van der Waals surface area (Å²) in [6, 6.07) is 10.6. The number of amides is 1. The number of nitrogens with zero attached hydrogens (tertiary/aromatic N) is 2. The standard InChI is InChI=1S/C24H32ClN3O/c25-23-8-5-19(6-9-23)21-12-15-28(16-13-21)14-11-18-1-3-20(4-2-18)22(17-26)7-10-24(27)29/h5-6,8-9,12,18,20,22H,1-4,7,10-11,13-16H2,(H2,27,29). The van der Waals surface area contributed by atoms with E-state index in [9.17, 15) is 10.1 Å². The van der Waals surface area contributed by atoms with E-state index in [0.29, 0.717) is 18.8 Å². The molecule has 29 heavy (non-hydrogen) atoms. The third kappa shape index (κ3) is 6.59. The number of nitriles is 1. The van der Waals surface area contributed by atoms with Crippen molar-refractivity contribution in [3.05, 3.63) is 40.9 Å². The van der Waals surface area contributed by atoms with Crippen LogP contribution in [0.1, 0.15) is 56.9 Å². The molecule has 1 amide bonds. The van der Waals surface area contributed by atoms with Crippen LogP contribution in [0.15, 0.2) is 30.3 Å². The van der Waals surface area contributed by atoms with Crippen molar-refractivity contribution in [3.8, 4) is 6.07 Å². The van der Waals surface area contributed by atoms with Gasteiger partial charge in [0.25, 0.3) is 0 Å². The lowest BCUT2D eigenvalue weighted by Gasteiger charge is -2.33. The summed E-state index contributed by atoms with van der Waals surface area (Å²) in [7, 11) is 0. The maximum atomic E-state index is 11.0. The van der Waals surface area contributed by atoms with Gasteiger partial charge in [0, 0.05) is 30.5 Å². The Morgan fingerprint density at radius 3 is 2.55 bits per heavy atom. The van der Waals surface area contributed by atoms with Gasteiger partial charge >= 0.3 is 0 Å². The Hall–Kier alpha value is -1.83. The molecular weight excluding hydrogens is 382 g/mol. The first-order valence-corrected chi connectivity index (χ1v) is 11.3. The van der Waals surface area contributed by atoms with E-state index in [1.807, 2.05) is 12.1 Å². The first-order valence-electron chi connectivity index (χ1n) is 10.9. The molecule has 1 atom stereocenters. The summed E-state index contributed by atoms with van der Waals surface area (Å²) >= 11 is 5.99. The molecule has 0 saturated heterocycles. The van der Waals surface area contributed by atoms with Gasteiger partial charge in [0.15, 0.2) is 0 Å². The molecule has 1 saturated carbocycles. The van der Waals surface area contributed by atoms with Crippen molar-refractivity contribution in [2.24, 2.45) is 23.5 Å². The van der Waals surface area contributed by atoms with Gasteiger partial charge in [0.2, 0.25) is 5.91 Å². The van der Waals surface area contributed by atoms with E-state index < -0.39 is 0 Å². The number of nitrogens with two attached hydrogens (primary N) is 1. The van der Waals surface area contributed by atoms with Crippen molar-refractivity contribution in [1.29, 1.82) is 5.26 Å². The molecule has 0 spiro atoms. The van der Waals surface area contributed by atoms with Crippen molar-refractivity contribution in [2.45, 2.75) is 51.4 Å². The minimum absolute atomic E-state index is 0.0121. The third-order valence-corrected chi connectivity index (χ3v) is 6.94. The molecule has 1 aromatic carbocycles. The molecule has 4 nitrogen and oxygen atoms in total. The van der Waals surface area contributed by atoms with Crippen LogP contribution in [-0.4, -0.2) is 30.4 Å². The first-order chi connectivity index (χ1) is 14.0. The van der Waals surface area contributed by atoms with Crippen molar-refractivity contribution in [2.75, 3.05) is 19.6 Å². The van der Waals surface area contributed by atoms with E-state index >= 15 is 0 Å². The minimum atomic E-state index is -0.297. The van der Waals surface area contributed by atoms with E-state index in [0.717, 1.165) is 49.8 Å². The molecule has 2 N–H and O–H groups in total. The molecule has 1 aromatic rings. The average Bonchev–Trinajstić information content (AvgIpc) is 2.74. The highest BCUT2D eigenvalue weighted by molar-refractivity contribution is 6.30. The largest absolute Gasteiger partial charge is 0.370 e. The Morgan fingerprint density at radius 1 is 1.24 bits per heavy atom. The topological polar surface area (TPSA) is 70.1 Å². The molecule has 3 rings (SSSR count). The number of rotatable bonds is 8.